The summed E-state index contributed by atoms with van der Waals surface area (Å²) in [6.07, 6.45) is -2.93. The van der Waals surface area contributed by atoms with Crippen molar-refractivity contribution in [3.63, 3.8) is 0 Å². The summed E-state index contributed by atoms with van der Waals surface area (Å²) in [6, 6.07) is 2.21. The summed E-state index contributed by atoms with van der Waals surface area (Å²) in [4.78, 5) is 0. The number of nitrogen functional groups attached to an aromatic ring is 1. The van der Waals surface area contributed by atoms with Gasteiger partial charge in [-0.05, 0) is 6.07 Å². The van der Waals surface area contributed by atoms with Gasteiger partial charge in [0.2, 0.25) is 0 Å². The molecule has 0 heterocycles. The predicted molar refractivity (Wildman–Crippen MR) is 52.5 cm³/mol. The molecule has 0 saturated carbocycles. The van der Waals surface area contributed by atoms with Gasteiger partial charge in [0, 0.05) is 5.56 Å². The number of rotatable bonds is 3. The molecule has 84 valence electrons. The lowest BCUT2D eigenvalue weighted by Crippen LogP contribution is -2.21. The Kier molecular flexibility index (Phi) is 3.84. The topological polar surface area (TPSA) is 66.5 Å². The third-order valence-corrected chi connectivity index (χ3v) is 2.30. The Balaban J connectivity index is 3.10. The summed E-state index contributed by atoms with van der Waals surface area (Å²) in [6.45, 7) is 0. The summed E-state index contributed by atoms with van der Waals surface area (Å²) in [5.74, 6) is -2.80. The van der Waals surface area contributed by atoms with Crippen LogP contribution in [0.3, 0.4) is 0 Å². The first-order valence-electron chi connectivity index (χ1n) is 4.14. The van der Waals surface area contributed by atoms with E-state index in [1.165, 1.54) is 0 Å². The van der Waals surface area contributed by atoms with Crippen molar-refractivity contribution in [3.05, 3.63) is 29.3 Å². The van der Waals surface area contributed by atoms with Crippen LogP contribution in [0.5, 0.6) is 0 Å². The number of aliphatic hydroxyl groups excluding tert-OH is 2. The molecule has 4 N–H and O–H groups in total. The Labute approximate surface area is 90.1 Å². The normalized spacial score (nSPS) is 15.0. The van der Waals surface area contributed by atoms with Gasteiger partial charge in [0.05, 0.1) is 17.7 Å². The zero-order chi connectivity index (χ0) is 11.6. The molecule has 0 amide bonds. The molecule has 0 radical (unpaired) electrons. The van der Waals surface area contributed by atoms with Crippen molar-refractivity contribution < 1.29 is 19.0 Å². The highest BCUT2D eigenvalue weighted by Crippen LogP contribution is 2.25. The lowest BCUT2D eigenvalue weighted by Gasteiger charge is -2.16. The third-order valence-electron chi connectivity index (χ3n) is 1.98. The van der Waals surface area contributed by atoms with Crippen molar-refractivity contribution in [1.82, 2.24) is 0 Å². The lowest BCUT2D eigenvalue weighted by molar-refractivity contribution is 0.0301. The van der Waals surface area contributed by atoms with Gasteiger partial charge in [-0.25, -0.2) is 8.78 Å². The van der Waals surface area contributed by atoms with Crippen LogP contribution in [0, 0.1) is 11.6 Å². The number of aliphatic hydroxyl groups is 2. The van der Waals surface area contributed by atoms with E-state index >= 15 is 0 Å². The van der Waals surface area contributed by atoms with Gasteiger partial charge in [0.1, 0.15) is 6.10 Å². The minimum Gasteiger partial charge on any atom is -0.396 e. The molecule has 0 saturated heterocycles. The fraction of sp³-hybridized carbons (Fsp3) is 0.333. The van der Waals surface area contributed by atoms with Gasteiger partial charge in [-0.3, -0.25) is 0 Å². The van der Waals surface area contributed by atoms with Gasteiger partial charge in [0.15, 0.2) is 11.6 Å². The second-order valence-electron chi connectivity index (χ2n) is 3.04. The minimum atomic E-state index is -1.57. The Morgan fingerprint density at radius 1 is 1.27 bits per heavy atom. The molecule has 6 heteroatoms. The Bertz CT molecular complexity index is 362. The van der Waals surface area contributed by atoms with Gasteiger partial charge < -0.3 is 15.9 Å². The quantitative estimate of drug-likeness (QED) is 0.546. The molecule has 2 atom stereocenters. The van der Waals surface area contributed by atoms with Crippen molar-refractivity contribution >= 4 is 17.3 Å². The molecule has 0 spiro atoms. The summed E-state index contributed by atoms with van der Waals surface area (Å²) >= 11 is 5.27. The minimum absolute atomic E-state index is 0.285. The molecule has 3 nitrogen and oxygen atoms in total. The Morgan fingerprint density at radius 2 is 1.87 bits per heavy atom. The van der Waals surface area contributed by atoms with Crippen LogP contribution in [0.15, 0.2) is 12.1 Å². The molecule has 0 fully saturated rings. The van der Waals surface area contributed by atoms with Crippen LogP contribution < -0.4 is 5.73 Å². The van der Waals surface area contributed by atoms with E-state index in [2.05, 4.69) is 0 Å². The Morgan fingerprint density at radius 3 is 2.40 bits per heavy atom. The number of nitrogens with two attached hydrogens (primary N) is 1. The van der Waals surface area contributed by atoms with Gasteiger partial charge in [-0.2, -0.15) is 0 Å². The number of benzene rings is 1. The lowest BCUT2D eigenvalue weighted by atomic mass is 10.0. The average molecular weight is 238 g/mol. The SMILES string of the molecule is Nc1ccc(C(O)C(O)CCl)c(F)c1F. The molecule has 0 aliphatic carbocycles. The second kappa shape index (κ2) is 4.74. The summed E-state index contributed by atoms with van der Waals surface area (Å²) < 4.78 is 26.2. The molecule has 0 bridgehead atoms. The molecular weight excluding hydrogens is 228 g/mol. The summed E-state index contributed by atoms with van der Waals surface area (Å²) in [5.41, 5.74) is 4.39. The van der Waals surface area contributed by atoms with E-state index in [0.717, 1.165) is 12.1 Å². The maximum absolute atomic E-state index is 13.2. The number of hydrogen-bond acceptors (Lipinski definition) is 3. The maximum atomic E-state index is 13.2. The predicted octanol–water partition coefficient (Wildman–Crippen LogP) is 1.18. The molecule has 1 aromatic rings. The maximum Gasteiger partial charge on any atom is 0.182 e. The van der Waals surface area contributed by atoms with Gasteiger partial charge in [-0.1, -0.05) is 6.07 Å². The van der Waals surface area contributed by atoms with Crippen molar-refractivity contribution in [2.45, 2.75) is 12.2 Å². The molecule has 1 rings (SSSR count). The highest BCUT2D eigenvalue weighted by atomic mass is 35.5. The highest BCUT2D eigenvalue weighted by molar-refractivity contribution is 6.18. The van der Waals surface area contributed by atoms with E-state index in [4.69, 9.17) is 22.4 Å². The number of halogens is 3. The van der Waals surface area contributed by atoms with E-state index in [1.54, 1.807) is 0 Å². The molecular formula is C9H10ClF2NO2. The van der Waals surface area contributed by atoms with E-state index in [0.29, 0.717) is 0 Å². The van der Waals surface area contributed by atoms with Crippen LogP contribution >= 0.6 is 11.6 Å². The largest absolute Gasteiger partial charge is 0.396 e. The van der Waals surface area contributed by atoms with Crippen molar-refractivity contribution in [1.29, 1.82) is 0 Å². The number of anilines is 1. The van der Waals surface area contributed by atoms with Crippen molar-refractivity contribution in [2.24, 2.45) is 0 Å². The van der Waals surface area contributed by atoms with Crippen molar-refractivity contribution in [2.75, 3.05) is 11.6 Å². The van der Waals surface area contributed by atoms with E-state index in [-0.39, 0.29) is 17.1 Å². The van der Waals surface area contributed by atoms with Crippen LogP contribution in [-0.2, 0) is 0 Å². The van der Waals surface area contributed by atoms with Crippen LogP contribution in [0.2, 0.25) is 0 Å². The second-order valence-corrected chi connectivity index (χ2v) is 3.35. The van der Waals surface area contributed by atoms with Crippen LogP contribution in [0.1, 0.15) is 11.7 Å². The molecule has 2 unspecified atom stereocenters. The van der Waals surface area contributed by atoms with Crippen LogP contribution in [-0.4, -0.2) is 22.2 Å². The summed E-state index contributed by atoms with van der Waals surface area (Å²) in [7, 11) is 0. The zero-order valence-corrected chi connectivity index (χ0v) is 8.38. The monoisotopic (exact) mass is 237 g/mol. The zero-order valence-electron chi connectivity index (χ0n) is 7.62. The van der Waals surface area contributed by atoms with E-state index < -0.39 is 23.8 Å². The van der Waals surface area contributed by atoms with Crippen LogP contribution in [0.4, 0.5) is 14.5 Å². The fourth-order valence-electron chi connectivity index (χ4n) is 1.10. The fourth-order valence-corrected chi connectivity index (χ4v) is 1.27. The van der Waals surface area contributed by atoms with Crippen molar-refractivity contribution in [3.8, 4) is 0 Å². The average Bonchev–Trinajstić information content (AvgIpc) is 2.24. The van der Waals surface area contributed by atoms with E-state index in [9.17, 15) is 13.9 Å². The third kappa shape index (κ3) is 2.37. The molecule has 0 aromatic heterocycles. The number of alkyl halides is 1. The molecule has 0 aliphatic heterocycles. The molecule has 1 aromatic carbocycles. The number of hydrogen-bond donors (Lipinski definition) is 3. The first-order chi connectivity index (χ1) is 6.99. The van der Waals surface area contributed by atoms with Gasteiger partial charge in [0.25, 0.3) is 0 Å². The molecule has 15 heavy (non-hydrogen) atoms. The smallest absolute Gasteiger partial charge is 0.182 e. The summed E-state index contributed by atoms with van der Waals surface area (Å²) in [5, 5.41) is 18.6. The standard InChI is InChI=1S/C9H10ClF2NO2/c10-3-6(14)9(15)4-1-2-5(13)8(12)7(4)11/h1-2,6,9,14-15H,3,13H2. The van der Waals surface area contributed by atoms with Gasteiger partial charge >= 0.3 is 0 Å². The first-order valence-corrected chi connectivity index (χ1v) is 4.68. The Hall–Kier alpha value is -0.910. The highest BCUT2D eigenvalue weighted by Gasteiger charge is 2.23. The van der Waals surface area contributed by atoms with Gasteiger partial charge in [-0.15, -0.1) is 11.6 Å². The molecule has 0 aliphatic rings. The van der Waals surface area contributed by atoms with Crippen LogP contribution in [0.25, 0.3) is 0 Å². The first kappa shape index (κ1) is 12.2. The van der Waals surface area contributed by atoms with E-state index in [1.807, 2.05) is 0 Å².